The van der Waals surface area contributed by atoms with Crippen LogP contribution < -0.4 is 10.1 Å². The molecule has 1 N–H and O–H groups in total. The number of nitrogens with one attached hydrogen (secondary N) is 1. The number of ether oxygens (including phenoxy) is 1. The molecule has 1 aromatic rings. The lowest BCUT2D eigenvalue weighted by molar-refractivity contribution is -0.0327. The molecule has 1 aromatic heterocycles. The first-order valence-corrected chi connectivity index (χ1v) is 6.72. The fraction of sp³-hybridized carbons (Fsp3) is 0.636. The number of thioether (sulfide) groups is 1. The molecule has 0 aliphatic heterocycles. The zero-order valence-electron chi connectivity index (χ0n) is 10.9. The van der Waals surface area contributed by atoms with Crippen LogP contribution in [0.1, 0.15) is 19.5 Å². The molecule has 108 valence electrons. The van der Waals surface area contributed by atoms with Crippen molar-refractivity contribution in [2.75, 3.05) is 17.6 Å². The van der Waals surface area contributed by atoms with Crippen LogP contribution in [0, 0.1) is 6.92 Å². The van der Waals surface area contributed by atoms with E-state index in [4.69, 9.17) is 4.74 Å². The zero-order chi connectivity index (χ0) is 14.5. The predicted octanol–water partition coefficient (Wildman–Crippen LogP) is 3.24. The van der Waals surface area contributed by atoms with E-state index in [9.17, 15) is 13.2 Å². The third kappa shape index (κ3) is 7.09. The summed E-state index contributed by atoms with van der Waals surface area (Å²) in [6.07, 6.45) is -0.0251. The van der Waals surface area contributed by atoms with Crippen molar-refractivity contribution >= 4 is 17.7 Å². The highest BCUT2D eigenvalue weighted by Gasteiger charge is 2.27. The summed E-state index contributed by atoms with van der Waals surface area (Å²) in [6, 6.07) is 1.68. The minimum atomic E-state index is -4.21. The third-order valence-corrected chi connectivity index (χ3v) is 2.57. The van der Waals surface area contributed by atoms with Crippen LogP contribution in [-0.4, -0.2) is 33.9 Å². The molecule has 4 nitrogen and oxygen atoms in total. The summed E-state index contributed by atoms with van der Waals surface area (Å²) in [5.41, 5.74) is -3.52. The van der Waals surface area contributed by atoms with Crippen molar-refractivity contribution in [3.05, 3.63) is 11.8 Å². The Morgan fingerprint density at radius 1 is 1.37 bits per heavy atom. The van der Waals surface area contributed by atoms with Gasteiger partial charge in [0.1, 0.15) is 0 Å². The predicted molar refractivity (Wildman–Crippen MR) is 69.5 cm³/mol. The third-order valence-electron chi connectivity index (χ3n) is 1.84. The number of alkyl halides is 3. The summed E-state index contributed by atoms with van der Waals surface area (Å²) < 4.78 is 41.2. The molecule has 0 aliphatic carbocycles. The van der Waals surface area contributed by atoms with Gasteiger partial charge in [-0.05, 0) is 32.5 Å². The molecule has 0 saturated heterocycles. The average Bonchev–Trinajstić information content (AvgIpc) is 2.21. The summed E-state index contributed by atoms with van der Waals surface area (Å²) in [4.78, 5) is 8.16. The lowest BCUT2D eigenvalue weighted by atomic mass is 10.4. The molecule has 19 heavy (non-hydrogen) atoms. The quantitative estimate of drug-likeness (QED) is 0.816. The van der Waals surface area contributed by atoms with E-state index in [1.165, 1.54) is 0 Å². The van der Waals surface area contributed by atoms with Gasteiger partial charge in [-0.2, -0.15) is 18.2 Å². The fourth-order valence-electron chi connectivity index (χ4n) is 1.25. The normalized spacial score (nSPS) is 11.7. The molecule has 1 heterocycles. The topological polar surface area (TPSA) is 47.0 Å². The second-order valence-corrected chi connectivity index (χ2v) is 5.22. The maximum atomic E-state index is 11.9. The van der Waals surface area contributed by atoms with Gasteiger partial charge in [0, 0.05) is 24.1 Å². The molecule has 0 atom stereocenters. The minimum Gasteiger partial charge on any atom is -0.475 e. The second kappa shape index (κ2) is 6.83. The minimum absolute atomic E-state index is 0.0251. The largest absolute Gasteiger partial charge is 0.475 e. The Bertz CT molecular complexity index is 413. The first kappa shape index (κ1) is 15.9. The molecule has 0 fully saturated rings. The number of nitrogens with zero attached hydrogens (tertiary/aromatic N) is 2. The highest BCUT2D eigenvalue weighted by molar-refractivity contribution is 8.00. The van der Waals surface area contributed by atoms with E-state index in [1.807, 2.05) is 13.8 Å². The first-order chi connectivity index (χ1) is 8.76. The molecule has 0 amide bonds. The van der Waals surface area contributed by atoms with E-state index >= 15 is 0 Å². The van der Waals surface area contributed by atoms with E-state index in [1.54, 1.807) is 13.0 Å². The molecule has 0 aliphatic rings. The summed E-state index contributed by atoms with van der Waals surface area (Å²) in [7, 11) is 0. The molecule has 0 radical (unpaired) electrons. The molecular formula is C11H16F3N3OS. The summed E-state index contributed by atoms with van der Waals surface area (Å²) >= 11 is -0.0774. The number of anilines is 1. The number of hydrogen-bond acceptors (Lipinski definition) is 5. The Kier molecular flexibility index (Phi) is 5.71. The van der Waals surface area contributed by atoms with Gasteiger partial charge in [-0.25, -0.2) is 4.98 Å². The van der Waals surface area contributed by atoms with Crippen molar-refractivity contribution in [3.8, 4) is 5.88 Å². The molecule has 0 saturated carbocycles. The van der Waals surface area contributed by atoms with Crippen molar-refractivity contribution in [2.24, 2.45) is 0 Å². The van der Waals surface area contributed by atoms with Crippen LogP contribution in [0.5, 0.6) is 5.88 Å². The molecular weight excluding hydrogens is 279 g/mol. The van der Waals surface area contributed by atoms with Gasteiger partial charge in [0.15, 0.2) is 0 Å². The highest BCUT2D eigenvalue weighted by Crippen LogP contribution is 2.29. The van der Waals surface area contributed by atoms with Crippen molar-refractivity contribution in [2.45, 2.75) is 32.4 Å². The van der Waals surface area contributed by atoms with Crippen molar-refractivity contribution in [3.63, 3.8) is 0 Å². The van der Waals surface area contributed by atoms with Gasteiger partial charge in [-0.3, -0.25) is 0 Å². The van der Waals surface area contributed by atoms with Gasteiger partial charge < -0.3 is 10.1 Å². The lowest BCUT2D eigenvalue weighted by Gasteiger charge is -2.11. The Balaban J connectivity index is 2.51. The van der Waals surface area contributed by atoms with Gasteiger partial charge in [0.2, 0.25) is 11.8 Å². The van der Waals surface area contributed by atoms with Crippen molar-refractivity contribution in [1.82, 2.24) is 9.97 Å². The molecule has 1 rings (SSSR count). The molecule has 0 aromatic carbocycles. The first-order valence-electron chi connectivity index (χ1n) is 5.73. The van der Waals surface area contributed by atoms with Crippen molar-refractivity contribution < 1.29 is 17.9 Å². The number of aryl methyl sites for hydroxylation is 1. The molecule has 0 unspecified atom stereocenters. The van der Waals surface area contributed by atoms with E-state index in [-0.39, 0.29) is 36.1 Å². The van der Waals surface area contributed by atoms with E-state index in [2.05, 4.69) is 15.3 Å². The monoisotopic (exact) mass is 295 g/mol. The van der Waals surface area contributed by atoms with Crippen LogP contribution in [0.3, 0.4) is 0 Å². The number of aromatic nitrogens is 2. The van der Waals surface area contributed by atoms with Gasteiger partial charge in [0.25, 0.3) is 0 Å². The number of halogens is 3. The van der Waals surface area contributed by atoms with Crippen molar-refractivity contribution in [1.29, 1.82) is 0 Å². The van der Waals surface area contributed by atoms with E-state index in [0.717, 1.165) is 0 Å². The van der Waals surface area contributed by atoms with Gasteiger partial charge >= 0.3 is 5.51 Å². The highest BCUT2D eigenvalue weighted by atomic mass is 32.2. The van der Waals surface area contributed by atoms with Crippen LogP contribution in [0.15, 0.2) is 6.07 Å². The summed E-state index contributed by atoms with van der Waals surface area (Å²) in [5.74, 6) is 0.591. The SMILES string of the molecule is Cc1cc(OC(C)C)nc(NCCSC(F)(F)F)n1. The van der Waals surface area contributed by atoms with Crippen LogP contribution in [0.2, 0.25) is 0 Å². The number of rotatable bonds is 6. The number of hydrogen-bond donors (Lipinski definition) is 1. The van der Waals surface area contributed by atoms with Crippen LogP contribution in [-0.2, 0) is 0 Å². The van der Waals surface area contributed by atoms with E-state index < -0.39 is 5.51 Å². The Labute approximate surface area is 114 Å². The van der Waals surface area contributed by atoms with Crippen LogP contribution >= 0.6 is 11.8 Å². The second-order valence-electron chi connectivity index (χ2n) is 4.06. The Morgan fingerprint density at radius 3 is 2.63 bits per heavy atom. The van der Waals surface area contributed by atoms with Gasteiger partial charge in [-0.15, -0.1) is 0 Å². The van der Waals surface area contributed by atoms with Gasteiger partial charge in [-0.1, -0.05) is 0 Å². The zero-order valence-corrected chi connectivity index (χ0v) is 11.7. The molecule has 0 spiro atoms. The molecule has 0 bridgehead atoms. The van der Waals surface area contributed by atoms with E-state index in [0.29, 0.717) is 11.6 Å². The Hall–Kier alpha value is -1.18. The van der Waals surface area contributed by atoms with Gasteiger partial charge in [0.05, 0.1) is 6.10 Å². The smallest absolute Gasteiger partial charge is 0.441 e. The Morgan fingerprint density at radius 2 is 2.05 bits per heavy atom. The summed E-state index contributed by atoms with van der Waals surface area (Å²) in [5, 5.41) is 2.75. The molecule has 8 heteroatoms. The maximum Gasteiger partial charge on any atom is 0.441 e. The standard InChI is InChI=1S/C11H16F3N3OS/c1-7(2)18-9-6-8(3)16-10(17-9)15-4-5-19-11(12,13)14/h6-7H,4-5H2,1-3H3,(H,15,16,17). The van der Waals surface area contributed by atoms with Crippen LogP contribution in [0.4, 0.5) is 19.1 Å². The lowest BCUT2D eigenvalue weighted by Crippen LogP contribution is -2.13. The summed E-state index contributed by atoms with van der Waals surface area (Å²) in [6.45, 7) is 5.63. The maximum absolute atomic E-state index is 11.9. The average molecular weight is 295 g/mol. The fourth-order valence-corrected chi connectivity index (χ4v) is 1.69. The van der Waals surface area contributed by atoms with Crippen LogP contribution in [0.25, 0.3) is 0 Å².